The van der Waals surface area contributed by atoms with Crippen molar-refractivity contribution in [3.63, 3.8) is 0 Å². The summed E-state index contributed by atoms with van der Waals surface area (Å²) < 4.78 is 9.57. The number of nitriles is 1. The van der Waals surface area contributed by atoms with Gasteiger partial charge in [0.15, 0.2) is 6.61 Å². The SMILES string of the molecule is CC[C@@H](C)[C@@H](NC(=O)COC(=O)c1cccc(C#N)c1)C(=O)OC. The van der Waals surface area contributed by atoms with E-state index in [2.05, 4.69) is 10.1 Å². The van der Waals surface area contributed by atoms with Gasteiger partial charge in [-0.2, -0.15) is 5.26 Å². The van der Waals surface area contributed by atoms with E-state index in [1.54, 1.807) is 19.1 Å². The minimum atomic E-state index is -0.798. The second-order valence-electron chi connectivity index (χ2n) is 5.22. The van der Waals surface area contributed by atoms with Gasteiger partial charge >= 0.3 is 11.9 Å². The molecule has 0 radical (unpaired) electrons. The highest BCUT2D eigenvalue weighted by Crippen LogP contribution is 2.09. The van der Waals surface area contributed by atoms with Gasteiger partial charge in [0.25, 0.3) is 5.91 Å². The summed E-state index contributed by atoms with van der Waals surface area (Å²) in [5.74, 6) is -1.99. The van der Waals surface area contributed by atoms with Gasteiger partial charge < -0.3 is 14.8 Å². The first-order valence-electron chi connectivity index (χ1n) is 7.47. The Morgan fingerprint density at radius 1 is 1.33 bits per heavy atom. The average molecular weight is 332 g/mol. The third-order valence-corrected chi connectivity index (χ3v) is 3.55. The number of methoxy groups -OCH3 is 1. The van der Waals surface area contributed by atoms with Crippen molar-refractivity contribution in [2.45, 2.75) is 26.3 Å². The molecule has 0 spiro atoms. The highest BCUT2D eigenvalue weighted by Gasteiger charge is 2.27. The fourth-order valence-electron chi connectivity index (χ4n) is 1.94. The molecule has 128 valence electrons. The van der Waals surface area contributed by atoms with Crippen LogP contribution in [0.15, 0.2) is 24.3 Å². The number of amides is 1. The zero-order valence-corrected chi connectivity index (χ0v) is 13.9. The largest absolute Gasteiger partial charge is 0.467 e. The van der Waals surface area contributed by atoms with Crippen LogP contribution in [0.25, 0.3) is 0 Å². The van der Waals surface area contributed by atoms with Crippen LogP contribution < -0.4 is 5.32 Å². The van der Waals surface area contributed by atoms with Crippen LogP contribution in [0.4, 0.5) is 0 Å². The van der Waals surface area contributed by atoms with Crippen molar-refractivity contribution >= 4 is 17.8 Å². The maximum Gasteiger partial charge on any atom is 0.338 e. The summed E-state index contributed by atoms with van der Waals surface area (Å²) >= 11 is 0. The van der Waals surface area contributed by atoms with E-state index < -0.39 is 30.5 Å². The zero-order chi connectivity index (χ0) is 18.1. The fraction of sp³-hybridized carbons (Fsp3) is 0.412. The predicted molar refractivity (Wildman–Crippen MR) is 84.8 cm³/mol. The summed E-state index contributed by atoms with van der Waals surface area (Å²) in [4.78, 5) is 35.5. The molecular weight excluding hydrogens is 312 g/mol. The Morgan fingerprint density at radius 3 is 2.62 bits per heavy atom. The van der Waals surface area contributed by atoms with Crippen LogP contribution in [0.1, 0.15) is 36.2 Å². The lowest BCUT2D eigenvalue weighted by atomic mass is 9.99. The molecule has 7 nitrogen and oxygen atoms in total. The molecule has 1 aromatic carbocycles. The van der Waals surface area contributed by atoms with Crippen LogP contribution in [0.2, 0.25) is 0 Å². The van der Waals surface area contributed by atoms with E-state index in [1.165, 1.54) is 19.2 Å². The van der Waals surface area contributed by atoms with Gasteiger partial charge in [0.05, 0.1) is 24.3 Å². The lowest BCUT2D eigenvalue weighted by Crippen LogP contribution is -2.47. The van der Waals surface area contributed by atoms with Gasteiger partial charge in [-0.05, 0) is 24.1 Å². The molecule has 0 saturated carbocycles. The van der Waals surface area contributed by atoms with Crippen molar-refractivity contribution in [3.8, 4) is 6.07 Å². The molecule has 24 heavy (non-hydrogen) atoms. The fourth-order valence-corrected chi connectivity index (χ4v) is 1.94. The van der Waals surface area contributed by atoms with Gasteiger partial charge in [0, 0.05) is 0 Å². The Labute approximate surface area is 140 Å². The third-order valence-electron chi connectivity index (χ3n) is 3.55. The minimum Gasteiger partial charge on any atom is -0.467 e. The number of hydrogen-bond donors (Lipinski definition) is 1. The molecular formula is C17H20N2O5. The van der Waals surface area contributed by atoms with Gasteiger partial charge in [0.2, 0.25) is 0 Å². The smallest absolute Gasteiger partial charge is 0.338 e. The first kappa shape index (κ1) is 19.2. The molecule has 0 aliphatic rings. The summed E-state index contributed by atoms with van der Waals surface area (Å²) in [5.41, 5.74) is 0.490. The van der Waals surface area contributed by atoms with E-state index in [4.69, 9.17) is 10.00 Å². The molecule has 0 bridgehead atoms. The number of hydrogen-bond acceptors (Lipinski definition) is 6. The summed E-state index contributed by atoms with van der Waals surface area (Å²) in [5, 5.41) is 11.3. The second kappa shape index (κ2) is 9.30. The van der Waals surface area contributed by atoms with E-state index in [0.717, 1.165) is 0 Å². The minimum absolute atomic E-state index is 0.121. The van der Waals surface area contributed by atoms with Crippen molar-refractivity contribution in [3.05, 3.63) is 35.4 Å². The highest BCUT2D eigenvalue weighted by atomic mass is 16.5. The van der Waals surface area contributed by atoms with E-state index in [-0.39, 0.29) is 11.5 Å². The van der Waals surface area contributed by atoms with Crippen LogP contribution >= 0.6 is 0 Å². The second-order valence-corrected chi connectivity index (χ2v) is 5.22. The van der Waals surface area contributed by atoms with Gasteiger partial charge in [-0.15, -0.1) is 0 Å². The van der Waals surface area contributed by atoms with Gasteiger partial charge in [-0.25, -0.2) is 9.59 Å². The summed E-state index contributed by atoms with van der Waals surface area (Å²) in [6.45, 7) is 3.16. The molecule has 0 unspecified atom stereocenters. The van der Waals surface area contributed by atoms with Crippen LogP contribution in [0, 0.1) is 17.2 Å². The van der Waals surface area contributed by atoms with E-state index in [9.17, 15) is 14.4 Å². The molecule has 0 fully saturated rings. The first-order valence-corrected chi connectivity index (χ1v) is 7.47. The van der Waals surface area contributed by atoms with E-state index in [0.29, 0.717) is 12.0 Å². The molecule has 0 saturated heterocycles. The van der Waals surface area contributed by atoms with Crippen molar-refractivity contribution < 1.29 is 23.9 Å². The predicted octanol–water partition coefficient (Wildman–Crippen LogP) is 1.42. The Hall–Kier alpha value is -2.88. The lowest BCUT2D eigenvalue weighted by Gasteiger charge is -2.21. The van der Waals surface area contributed by atoms with Crippen molar-refractivity contribution in [2.75, 3.05) is 13.7 Å². The monoisotopic (exact) mass is 332 g/mol. The molecule has 1 rings (SSSR count). The third kappa shape index (κ3) is 5.39. The number of nitrogens with one attached hydrogen (secondary N) is 1. The molecule has 0 heterocycles. The molecule has 0 aliphatic heterocycles. The Bertz CT molecular complexity index is 651. The van der Waals surface area contributed by atoms with Gasteiger partial charge in [0.1, 0.15) is 6.04 Å². The van der Waals surface area contributed by atoms with Crippen LogP contribution in [-0.2, 0) is 19.1 Å². The molecule has 1 N–H and O–H groups in total. The number of benzene rings is 1. The highest BCUT2D eigenvalue weighted by molar-refractivity contribution is 5.92. The Morgan fingerprint density at radius 2 is 2.04 bits per heavy atom. The lowest BCUT2D eigenvalue weighted by molar-refractivity contribution is -0.147. The number of carbonyl (C=O) groups excluding carboxylic acids is 3. The summed E-state index contributed by atoms with van der Waals surface area (Å²) in [7, 11) is 1.24. The zero-order valence-electron chi connectivity index (χ0n) is 13.9. The maximum atomic E-state index is 11.9. The van der Waals surface area contributed by atoms with Crippen LogP contribution in [0.5, 0.6) is 0 Å². The summed E-state index contributed by atoms with van der Waals surface area (Å²) in [6, 6.07) is 7.07. The standard InChI is InChI=1S/C17H20N2O5/c1-4-11(2)15(17(22)23-3)19-14(20)10-24-16(21)13-7-5-6-12(8-13)9-18/h5-8,11,15H,4,10H2,1-3H3,(H,19,20)/t11-,15-/m1/s1. The van der Waals surface area contributed by atoms with E-state index in [1.807, 2.05) is 13.0 Å². The number of rotatable bonds is 7. The Balaban J connectivity index is 2.62. The number of ether oxygens (including phenoxy) is 2. The van der Waals surface area contributed by atoms with Crippen molar-refractivity contribution in [2.24, 2.45) is 5.92 Å². The van der Waals surface area contributed by atoms with Gasteiger partial charge in [-0.3, -0.25) is 4.79 Å². The average Bonchev–Trinajstić information content (AvgIpc) is 2.62. The maximum absolute atomic E-state index is 11.9. The normalized spacial score (nSPS) is 12.4. The van der Waals surface area contributed by atoms with E-state index >= 15 is 0 Å². The molecule has 7 heteroatoms. The molecule has 0 aliphatic carbocycles. The van der Waals surface area contributed by atoms with Gasteiger partial charge in [-0.1, -0.05) is 26.3 Å². The molecule has 1 aromatic rings. The van der Waals surface area contributed by atoms with Crippen LogP contribution in [0.3, 0.4) is 0 Å². The topological polar surface area (TPSA) is 105 Å². The van der Waals surface area contributed by atoms with Crippen molar-refractivity contribution in [1.29, 1.82) is 5.26 Å². The molecule has 2 atom stereocenters. The molecule has 0 aromatic heterocycles. The first-order chi connectivity index (χ1) is 11.4. The van der Waals surface area contributed by atoms with Crippen LogP contribution in [-0.4, -0.2) is 37.6 Å². The Kier molecular flexibility index (Phi) is 7.43. The molecule has 1 amide bonds. The number of nitrogens with zero attached hydrogens (tertiary/aromatic N) is 1. The quantitative estimate of drug-likeness (QED) is 0.757. The summed E-state index contributed by atoms with van der Waals surface area (Å²) in [6.07, 6.45) is 0.667. The van der Waals surface area contributed by atoms with Crippen molar-refractivity contribution in [1.82, 2.24) is 5.32 Å². The number of carbonyl (C=O) groups is 3. The number of esters is 2.